The van der Waals surface area contributed by atoms with Gasteiger partial charge in [0.15, 0.2) is 0 Å². The number of rotatable bonds is 6. The van der Waals surface area contributed by atoms with Crippen LogP contribution in [0.4, 0.5) is 11.4 Å². The van der Waals surface area contributed by atoms with Gasteiger partial charge >= 0.3 is 0 Å². The van der Waals surface area contributed by atoms with Crippen molar-refractivity contribution in [3.63, 3.8) is 0 Å². The molecule has 0 N–H and O–H groups in total. The van der Waals surface area contributed by atoms with Crippen molar-refractivity contribution in [3.05, 3.63) is 68.2 Å². The largest absolute Gasteiger partial charge is 0.371 e. The van der Waals surface area contributed by atoms with Crippen LogP contribution in [0.15, 0.2) is 46.9 Å². The predicted octanol–water partition coefficient (Wildman–Crippen LogP) is 5.27. The molecule has 0 fully saturated rings. The van der Waals surface area contributed by atoms with E-state index >= 15 is 0 Å². The molecule has 0 bridgehead atoms. The summed E-state index contributed by atoms with van der Waals surface area (Å²) in [6.07, 6.45) is 1.78. The molecule has 128 valence electrons. The SMILES string of the molecule is CCN(CC)c1ccc(/C=C(\C#N)c2ccc([N+](=O)[O-])cc2)cc1Br. The summed E-state index contributed by atoms with van der Waals surface area (Å²) >= 11 is 3.59. The third kappa shape index (κ3) is 4.46. The normalized spacial score (nSPS) is 11.0. The van der Waals surface area contributed by atoms with Gasteiger partial charge in [-0.15, -0.1) is 0 Å². The average Bonchev–Trinajstić information content (AvgIpc) is 2.62. The standard InChI is InChI=1S/C19H18BrN3O2/c1-3-22(4-2)19-10-5-14(12-18(19)20)11-16(13-21)15-6-8-17(9-7-15)23(24)25/h5-12H,3-4H2,1-2H3/b16-11+. The quantitative estimate of drug-likeness (QED) is 0.287. The Kier molecular flexibility index (Phi) is 6.31. The predicted molar refractivity (Wildman–Crippen MR) is 104 cm³/mol. The van der Waals surface area contributed by atoms with Crippen molar-refractivity contribution in [2.75, 3.05) is 18.0 Å². The summed E-state index contributed by atoms with van der Waals surface area (Å²) in [5, 5.41) is 20.2. The van der Waals surface area contributed by atoms with Gasteiger partial charge in [0.05, 0.1) is 22.3 Å². The van der Waals surface area contributed by atoms with Crippen molar-refractivity contribution in [2.45, 2.75) is 13.8 Å². The van der Waals surface area contributed by atoms with Crippen molar-refractivity contribution in [1.29, 1.82) is 5.26 Å². The first kappa shape index (κ1) is 18.7. The molecule has 0 unspecified atom stereocenters. The molecule has 0 aliphatic heterocycles. The zero-order valence-corrected chi connectivity index (χ0v) is 15.7. The number of nitriles is 1. The molecule has 2 rings (SSSR count). The minimum absolute atomic E-state index is 0.00681. The van der Waals surface area contributed by atoms with Crippen molar-refractivity contribution < 1.29 is 4.92 Å². The highest BCUT2D eigenvalue weighted by atomic mass is 79.9. The van der Waals surface area contributed by atoms with Crippen molar-refractivity contribution in [2.24, 2.45) is 0 Å². The number of non-ortho nitro benzene ring substituents is 1. The van der Waals surface area contributed by atoms with E-state index in [1.165, 1.54) is 12.1 Å². The van der Waals surface area contributed by atoms with Crippen molar-refractivity contribution >= 4 is 39.0 Å². The molecule has 0 saturated carbocycles. The third-order valence-corrected chi connectivity index (χ3v) is 4.53. The molecule has 0 heterocycles. The van der Waals surface area contributed by atoms with Gasteiger partial charge in [-0.05, 0) is 71.2 Å². The lowest BCUT2D eigenvalue weighted by molar-refractivity contribution is -0.384. The second-order valence-corrected chi connectivity index (χ2v) is 6.21. The first-order valence-corrected chi connectivity index (χ1v) is 8.70. The third-order valence-electron chi connectivity index (χ3n) is 3.90. The molecule has 0 atom stereocenters. The summed E-state index contributed by atoms with van der Waals surface area (Å²) in [6, 6.07) is 14.1. The van der Waals surface area contributed by atoms with Crippen LogP contribution >= 0.6 is 15.9 Å². The highest BCUT2D eigenvalue weighted by Crippen LogP contribution is 2.29. The lowest BCUT2D eigenvalue weighted by atomic mass is 10.0. The van der Waals surface area contributed by atoms with Crippen LogP contribution in [0.5, 0.6) is 0 Å². The first-order valence-electron chi connectivity index (χ1n) is 7.91. The Morgan fingerprint density at radius 2 is 1.88 bits per heavy atom. The number of nitrogens with zero attached hydrogens (tertiary/aromatic N) is 3. The minimum Gasteiger partial charge on any atom is -0.371 e. The maximum atomic E-state index is 10.7. The van der Waals surface area contributed by atoms with E-state index in [0.29, 0.717) is 11.1 Å². The van der Waals surface area contributed by atoms with Gasteiger partial charge < -0.3 is 4.90 Å². The fourth-order valence-corrected chi connectivity index (χ4v) is 3.19. The molecule has 2 aromatic rings. The molecule has 0 spiro atoms. The molecule has 2 aromatic carbocycles. The van der Waals surface area contributed by atoms with E-state index in [4.69, 9.17) is 0 Å². The van der Waals surface area contributed by atoms with Crippen LogP contribution in [-0.4, -0.2) is 18.0 Å². The Balaban J connectivity index is 2.35. The van der Waals surface area contributed by atoms with E-state index in [1.807, 2.05) is 18.2 Å². The van der Waals surface area contributed by atoms with Gasteiger partial charge in [0.25, 0.3) is 5.69 Å². The maximum absolute atomic E-state index is 10.7. The molecule has 5 nitrogen and oxygen atoms in total. The molecule has 0 aliphatic rings. The number of benzene rings is 2. The van der Waals surface area contributed by atoms with E-state index in [1.54, 1.807) is 18.2 Å². The lowest BCUT2D eigenvalue weighted by Gasteiger charge is -2.22. The second-order valence-electron chi connectivity index (χ2n) is 5.36. The van der Waals surface area contributed by atoms with E-state index < -0.39 is 4.92 Å². The average molecular weight is 400 g/mol. The Hall–Kier alpha value is -2.65. The van der Waals surface area contributed by atoms with Crippen molar-refractivity contribution in [1.82, 2.24) is 0 Å². The molecular weight excluding hydrogens is 382 g/mol. The molecule has 0 aliphatic carbocycles. The van der Waals surface area contributed by atoms with Crippen LogP contribution in [-0.2, 0) is 0 Å². The summed E-state index contributed by atoms with van der Waals surface area (Å²) in [5.74, 6) is 0. The Morgan fingerprint density at radius 1 is 1.24 bits per heavy atom. The Labute approximate surface area is 155 Å². The summed E-state index contributed by atoms with van der Waals surface area (Å²) in [6.45, 7) is 6.03. The first-order chi connectivity index (χ1) is 12.0. The van der Waals surface area contributed by atoms with Gasteiger partial charge in [0.1, 0.15) is 0 Å². The summed E-state index contributed by atoms with van der Waals surface area (Å²) in [5.41, 5.74) is 3.11. The minimum atomic E-state index is -0.456. The van der Waals surface area contributed by atoms with E-state index in [-0.39, 0.29) is 5.69 Å². The van der Waals surface area contributed by atoms with Gasteiger partial charge in [-0.2, -0.15) is 5.26 Å². The Morgan fingerprint density at radius 3 is 2.36 bits per heavy atom. The van der Waals surface area contributed by atoms with Crippen LogP contribution < -0.4 is 4.90 Å². The fraction of sp³-hybridized carbons (Fsp3) is 0.211. The van der Waals surface area contributed by atoms with Crippen LogP contribution in [0.25, 0.3) is 11.6 Å². The van der Waals surface area contributed by atoms with E-state index in [9.17, 15) is 15.4 Å². The Bertz CT molecular complexity index is 835. The molecule has 25 heavy (non-hydrogen) atoms. The number of anilines is 1. The number of halogens is 1. The van der Waals surface area contributed by atoms with Crippen LogP contribution in [0.1, 0.15) is 25.0 Å². The zero-order chi connectivity index (χ0) is 18.4. The molecule has 0 amide bonds. The fourth-order valence-electron chi connectivity index (χ4n) is 2.54. The van der Waals surface area contributed by atoms with Crippen LogP contribution in [0, 0.1) is 21.4 Å². The van der Waals surface area contributed by atoms with Gasteiger partial charge in [0.2, 0.25) is 0 Å². The van der Waals surface area contributed by atoms with Crippen LogP contribution in [0.2, 0.25) is 0 Å². The molecular formula is C19H18BrN3O2. The number of nitro groups is 1. The topological polar surface area (TPSA) is 70.2 Å². The maximum Gasteiger partial charge on any atom is 0.269 e. The number of hydrogen-bond donors (Lipinski definition) is 0. The van der Waals surface area contributed by atoms with Gasteiger partial charge in [0, 0.05) is 29.7 Å². The number of hydrogen-bond acceptors (Lipinski definition) is 4. The monoisotopic (exact) mass is 399 g/mol. The molecule has 0 aromatic heterocycles. The van der Waals surface area contributed by atoms with Crippen LogP contribution in [0.3, 0.4) is 0 Å². The molecule has 6 heteroatoms. The lowest BCUT2D eigenvalue weighted by Crippen LogP contribution is -2.22. The van der Waals surface area contributed by atoms with E-state index in [0.717, 1.165) is 28.8 Å². The van der Waals surface area contributed by atoms with Gasteiger partial charge in [-0.3, -0.25) is 10.1 Å². The summed E-state index contributed by atoms with van der Waals surface area (Å²) in [4.78, 5) is 12.5. The highest BCUT2D eigenvalue weighted by molar-refractivity contribution is 9.10. The smallest absolute Gasteiger partial charge is 0.269 e. The summed E-state index contributed by atoms with van der Waals surface area (Å²) in [7, 11) is 0. The highest BCUT2D eigenvalue weighted by Gasteiger charge is 2.09. The van der Waals surface area contributed by atoms with Crippen molar-refractivity contribution in [3.8, 4) is 6.07 Å². The summed E-state index contributed by atoms with van der Waals surface area (Å²) < 4.78 is 0.964. The number of allylic oxidation sites excluding steroid dienone is 1. The number of nitro benzene ring substituents is 1. The van der Waals surface area contributed by atoms with Gasteiger partial charge in [-0.25, -0.2) is 0 Å². The molecule has 0 saturated heterocycles. The second kappa shape index (κ2) is 8.45. The van der Waals surface area contributed by atoms with Gasteiger partial charge in [-0.1, -0.05) is 6.07 Å². The zero-order valence-electron chi connectivity index (χ0n) is 14.1. The van der Waals surface area contributed by atoms with E-state index in [2.05, 4.69) is 40.7 Å². The molecule has 0 radical (unpaired) electrons.